The molecule has 8 heteroatoms. The van der Waals surface area contributed by atoms with Crippen LogP contribution in [-0.4, -0.2) is 39.9 Å². The summed E-state index contributed by atoms with van der Waals surface area (Å²) in [5, 5.41) is 22.2. The number of aromatic amines is 1. The monoisotopic (exact) mass is 370 g/mol. The summed E-state index contributed by atoms with van der Waals surface area (Å²) in [7, 11) is 0. The van der Waals surface area contributed by atoms with E-state index in [0.29, 0.717) is 16.5 Å². The van der Waals surface area contributed by atoms with E-state index in [-0.39, 0.29) is 25.0 Å². The van der Waals surface area contributed by atoms with E-state index in [2.05, 4.69) is 15.2 Å². The van der Waals surface area contributed by atoms with E-state index in [0.717, 1.165) is 10.8 Å². The zero-order valence-electron chi connectivity index (χ0n) is 14.3. The molecule has 0 radical (unpaired) electrons. The standard InChI is InChI=1S/C19H18N2O6/c22-17(23)8-6-12(10-27-26)20-18(24)11-5-7-14-13-3-1-2-4-15(13)19(25)21-16(14)9-11/h1-5,7,9,12,26H,6,8,10H2,(H,20,24)(H,21,25)(H,22,23). The Morgan fingerprint density at radius 3 is 2.56 bits per heavy atom. The molecule has 0 aliphatic heterocycles. The Hall–Kier alpha value is -3.23. The van der Waals surface area contributed by atoms with Gasteiger partial charge in [-0.2, -0.15) is 0 Å². The molecule has 0 bridgehead atoms. The second-order valence-electron chi connectivity index (χ2n) is 6.16. The number of benzene rings is 2. The molecule has 4 N–H and O–H groups in total. The van der Waals surface area contributed by atoms with Crippen molar-refractivity contribution in [2.45, 2.75) is 18.9 Å². The average Bonchev–Trinajstić information content (AvgIpc) is 2.66. The van der Waals surface area contributed by atoms with Crippen molar-refractivity contribution in [3.05, 3.63) is 58.4 Å². The van der Waals surface area contributed by atoms with Gasteiger partial charge in [0.1, 0.15) is 6.61 Å². The topological polar surface area (TPSA) is 129 Å². The van der Waals surface area contributed by atoms with E-state index in [9.17, 15) is 14.4 Å². The molecule has 0 aliphatic carbocycles. The van der Waals surface area contributed by atoms with Crippen molar-refractivity contribution < 1.29 is 24.8 Å². The lowest BCUT2D eigenvalue weighted by atomic mass is 10.0. The molecule has 3 aromatic rings. The lowest BCUT2D eigenvalue weighted by molar-refractivity contribution is -0.246. The number of aliphatic carboxylic acids is 1. The van der Waals surface area contributed by atoms with E-state index < -0.39 is 17.9 Å². The number of nitrogens with one attached hydrogen (secondary N) is 2. The maximum Gasteiger partial charge on any atom is 0.303 e. The Labute approximate surface area is 153 Å². The van der Waals surface area contributed by atoms with Crippen LogP contribution in [0, 0.1) is 0 Å². The van der Waals surface area contributed by atoms with Gasteiger partial charge in [0.05, 0.1) is 6.04 Å². The summed E-state index contributed by atoms with van der Waals surface area (Å²) < 4.78 is 0. The first-order chi connectivity index (χ1) is 13.0. The van der Waals surface area contributed by atoms with Gasteiger partial charge in [-0.15, -0.1) is 0 Å². The normalized spacial score (nSPS) is 12.2. The molecule has 0 spiro atoms. The summed E-state index contributed by atoms with van der Waals surface area (Å²) in [6.45, 7) is -0.228. The van der Waals surface area contributed by atoms with Crippen LogP contribution in [0.25, 0.3) is 21.7 Å². The number of aromatic nitrogens is 1. The van der Waals surface area contributed by atoms with E-state index in [1.165, 1.54) is 0 Å². The minimum atomic E-state index is -1.01. The molecular formula is C19H18N2O6. The molecule has 0 saturated carbocycles. The minimum Gasteiger partial charge on any atom is -0.481 e. The second-order valence-corrected chi connectivity index (χ2v) is 6.16. The SMILES string of the molecule is O=C(O)CCC(COO)NC(=O)c1ccc2c(c1)[nH]c(=O)c1ccccc12. The molecule has 0 saturated heterocycles. The number of rotatable bonds is 7. The molecule has 0 aliphatic rings. The number of hydrogen-bond donors (Lipinski definition) is 4. The fourth-order valence-electron chi connectivity index (χ4n) is 2.98. The average molecular weight is 370 g/mol. The fourth-order valence-corrected chi connectivity index (χ4v) is 2.98. The summed E-state index contributed by atoms with van der Waals surface area (Å²) in [6.07, 6.45) is -0.0674. The number of fused-ring (bicyclic) bond motifs is 3. The lowest BCUT2D eigenvalue weighted by Crippen LogP contribution is -2.38. The second kappa shape index (κ2) is 7.98. The summed E-state index contributed by atoms with van der Waals surface area (Å²) >= 11 is 0. The number of pyridine rings is 1. The van der Waals surface area contributed by atoms with Crippen molar-refractivity contribution in [3.8, 4) is 0 Å². The van der Waals surface area contributed by atoms with Crippen molar-refractivity contribution in [2.24, 2.45) is 0 Å². The molecule has 140 valence electrons. The van der Waals surface area contributed by atoms with Gasteiger partial charge >= 0.3 is 5.97 Å². The third-order valence-electron chi connectivity index (χ3n) is 4.31. The number of hydrogen-bond acceptors (Lipinski definition) is 5. The predicted octanol–water partition coefficient (Wildman–Crippen LogP) is 2.13. The van der Waals surface area contributed by atoms with Gasteiger partial charge in [0.15, 0.2) is 0 Å². The van der Waals surface area contributed by atoms with Crippen LogP contribution in [0.4, 0.5) is 0 Å². The Balaban J connectivity index is 1.89. The maximum atomic E-state index is 12.5. The number of carboxylic acids is 1. The molecule has 1 aromatic heterocycles. The first-order valence-electron chi connectivity index (χ1n) is 8.33. The fraction of sp³-hybridized carbons (Fsp3) is 0.211. The van der Waals surface area contributed by atoms with Crippen LogP contribution in [0.3, 0.4) is 0 Å². The smallest absolute Gasteiger partial charge is 0.303 e. The summed E-state index contributed by atoms with van der Waals surface area (Å²) in [5.74, 6) is -1.47. The summed E-state index contributed by atoms with van der Waals surface area (Å²) in [4.78, 5) is 42.2. The molecule has 1 atom stereocenters. The van der Waals surface area contributed by atoms with Gasteiger partial charge in [0, 0.05) is 28.3 Å². The van der Waals surface area contributed by atoms with E-state index >= 15 is 0 Å². The van der Waals surface area contributed by atoms with Crippen LogP contribution in [0.5, 0.6) is 0 Å². The Morgan fingerprint density at radius 1 is 1.11 bits per heavy atom. The van der Waals surface area contributed by atoms with Gasteiger partial charge in [-0.1, -0.05) is 24.3 Å². The van der Waals surface area contributed by atoms with Gasteiger partial charge in [0.25, 0.3) is 11.5 Å². The van der Waals surface area contributed by atoms with Crippen molar-refractivity contribution >= 4 is 33.6 Å². The highest BCUT2D eigenvalue weighted by atomic mass is 17.1. The van der Waals surface area contributed by atoms with Crippen LogP contribution in [0.15, 0.2) is 47.3 Å². The highest BCUT2D eigenvalue weighted by Gasteiger charge is 2.16. The van der Waals surface area contributed by atoms with Crippen molar-refractivity contribution in [1.29, 1.82) is 0 Å². The number of carbonyl (C=O) groups excluding carboxylic acids is 1. The van der Waals surface area contributed by atoms with Crippen molar-refractivity contribution in [2.75, 3.05) is 6.61 Å². The molecule has 27 heavy (non-hydrogen) atoms. The van der Waals surface area contributed by atoms with E-state index in [1.54, 1.807) is 30.3 Å². The lowest BCUT2D eigenvalue weighted by Gasteiger charge is -2.16. The quantitative estimate of drug-likeness (QED) is 0.286. The number of H-pyrrole nitrogens is 1. The zero-order valence-corrected chi connectivity index (χ0v) is 14.3. The Kier molecular flexibility index (Phi) is 5.49. The van der Waals surface area contributed by atoms with Crippen LogP contribution in [-0.2, 0) is 9.68 Å². The molecule has 1 amide bonds. The summed E-state index contributed by atoms with van der Waals surface area (Å²) in [5.41, 5.74) is 0.571. The van der Waals surface area contributed by atoms with Crippen LogP contribution < -0.4 is 10.9 Å². The molecule has 2 aromatic carbocycles. The Morgan fingerprint density at radius 2 is 1.85 bits per heavy atom. The molecule has 3 rings (SSSR count). The third kappa shape index (κ3) is 4.13. The number of amides is 1. The van der Waals surface area contributed by atoms with Crippen molar-refractivity contribution in [3.63, 3.8) is 0 Å². The highest BCUT2D eigenvalue weighted by molar-refractivity contribution is 6.07. The third-order valence-corrected chi connectivity index (χ3v) is 4.31. The Bertz CT molecular complexity index is 1060. The van der Waals surface area contributed by atoms with Crippen molar-refractivity contribution in [1.82, 2.24) is 10.3 Å². The van der Waals surface area contributed by atoms with Gasteiger partial charge in [0.2, 0.25) is 0 Å². The van der Waals surface area contributed by atoms with Gasteiger partial charge < -0.3 is 15.4 Å². The highest BCUT2D eigenvalue weighted by Crippen LogP contribution is 2.22. The van der Waals surface area contributed by atoms with Gasteiger partial charge in [-0.3, -0.25) is 19.6 Å². The maximum absolute atomic E-state index is 12.5. The van der Waals surface area contributed by atoms with Crippen LogP contribution in [0.1, 0.15) is 23.2 Å². The molecular weight excluding hydrogens is 352 g/mol. The number of carboxylic acid groups (broad SMARTS) is 1. The minimum absolute atomic E-state index is 0.108. The van der Waals surface area contributed by atoms with E-state index in [4.69, 9.17) is 10.4 Å². The van der Waals surface area contributed by atoms with E-state index in [1.807, 2.05) is 12.1 Å². The molecule has 1 heterocycles. The largest absolute Gasteiger partial charge is 0.481 e. The van der Waals surface area contributed by atoms with Crippen LogP contribution in [0.2, 0.25) is 0 Å². The molecule has 0 fully saturated rings. The zero-order chi connectivity index (χ0) is 19.4. The van der Waals surface area contributed by atoms with Gasteiger partial charge in [-0.05, 0) is 30.0 Å². The first-order valence-corrected chi connectivity index (χ1v) is 8.33. The predicted molar refractivity (Wildman–Crippen MR) is 98.8 cm³/mol. The number of carbonyl (C=O) groups is 2. The van der Waals surface area contributed by atoms with Crippen LogP contribution >= 0.6 is 0 Å². The first kappa shape index (κ1) is 18.6. The molecule has 1 unspecified atom stereocenters. The summed E-state index contributed by atoms with van der Waals surface area (Å²) in [6, 6.07) is 11.5. The molecule has 8 nitrogen and oxygen atoms in total. The van der Waals surface area contributed by atoms with Gasteiger partial charge in [-0.25, -0.2) is 4.89 Å².